The topological polar surface area (TPSA) is 60.5 Å². The van der Waals surface area contributed by atoms with Crippen molar-refractivity contribution in [2.24, 2.45) is 0 Å². The third kappa shape index (κ3) is 3.58. The third-order valence-electron chi connectivity index (χ3n) is 3.95. The van der Waals surface area contributed by atoms with E-state index in [1.807, 2.05) is 6.07 Å². The molecule has 0 saturated carbocycles. The smallest absolute Gasteiger partial charge is 0.261 e. The summed E-state index contributed by atoms with van der Waals surface area (Å²) >= 11 is 1.46. The second-order valence-corrected chi connectivity index (χ2v) is 6.95. The second-order valence-electron chi connectivity index (χ2n) is 5.92. The summed E-state index contributed by atoms with van der Waals surface area (Å²) in [7, 11) is 3.09. The molecule has 0 atom stereocenters. The molecule has 0 saturated heterocycles. The van der Waals surface area contributed by atoms with Gasteiger partial charge in [-0.1, -0.05) is 31.3 Å². The van der Waals surface area contributed by atoms with Gasteiger partial charge < -0.3 is 9.47 Å². The third-order valence-corrected chi connectivity index (χ3v) is 4.89. The van der Waals surface area contributed by atoms with E-state index in [1.165, 1.54) is 24.0 Å². The van der Waals surface area contributed by atoms with Crippen LogP contribution in [0.4, 0.5) is 5.13 Å². The number of rotatable bonds is 5. The van der Waals surface area contributed by atoms with Crippen molar-refractivity contribution in [2.45, 2.75) is 19.8 Å². The molecule has 5 nitrogen and oxygen atoms in total. The van der Waals surface area contributed by atoms with Crippen molar-refractivity contribution in [1.29, 1.82) is 0 Å². The molecule has 0 fully saturated rings. The van der Waals surface area contributed by atoms with E-state index in [0.29, 0.717) is 28.1 Å². The summed E-state index contributed by atoms with van der Waals surface area (Å²) in [6, 6.07) is 11.3. The molecule has 0 unspecified atom stereocenters. The molecule has 130 valence electrons. The number of nitrogens with one attached hydrogen (secondary N) is 1. The van der Waals surface area contributed by atoms with Gasteiger partial charge in [-0.25, -0.2) is 4.98 Å². The quantitative estimate of drug-likeness (QED) is 0.720. The zero-order chi connectivity index (χ0) is 18.0. The minimum absolute atomic E-state index is 0.261. The van der Waals surface area contributed by atoms with Crippen LogP contribution in [0.15, 0.2) is 36.4 Å². The van der Waals surface area contributed by atoms with Gasteiger partial charge in [-0.2, -0.15) is 0 Å². The van der Waals surface area contributed by atoms with Crippen LogP contribution in [0.1, 0.15) is 35.7 Å². The number of carbonyl (C=O) groups is 1. The van der Waals surface area contributed by atoms with E-state index in [2.05, 4.69) is 36.3 Å². The number of thiazole rings is 1. The second kappa shape index (κ2) is 7.11. The maximum atomic E-state index is 12.6. The predicted octanol–water partition coefficient (Wildman–Crippen LogP) is 4.69. The number of nitrogens with zero attached hydrogens (tertiary/aromatic N) is 1. The fourth-order valence-electron chi connectivity index (χ4n) is 2.50. The highest BCUT2D eigenvalue weighted by molar-refractivity contribution is 7.22. The molecule has 0 spiro atoms. The Kier molecular flexibility index (Phi) is 4.90. The molecule has 6 heteroatoms. The summed E-state index contributed by atoms with van der Waals surface area (Å²) in [6.07, 6.45) is 0. The molecule has 1 aromatic heterocycles. The van der Waals surface area contributed by atoms with E-state index in [9.17, 15) is 4.79 Å². The number of carbonyl (C=O) groups excluding carboxylic acids is 1. The van der Waals surface area contributed by atoms with E-state index in [-0.39, 0.29) is 5.91 Å². The van der Waals surface area contributed by atoms with Crippen LogP contribution in [0.5, 0.6) is 11.5 Å². The van der Waals surface area contributed by atoms with Crippen LogP contribution in [0, 0.1) is 0 Å². The highest BCUT2D eigenvalue weighted by Crippen LogP contribution is 2.30. The Bertz CT molecular complexity index is 918. The molecule has 0 aliphatic carbocycles. The lowest BCUT2D eigenvalue weighted by Gasteiger charge is -2.09. The molecule has 0 bridgehead atoms. The summed E-state index contributed by atoms with van der Waals surface area (Å²) < 4.78 is 11.5. The number of methoxy groups -OCH3 is 2. The first-order chi connectivity index (χ1) is 12.0. The summed E-state index contributed by atoms with van der Waals surface area (Å²) in [6.45, 7) is 4.31. The van der Waals surface area contributed by atoms with E-state index in [0.717, 1.165) is 10.2 Å². The average Bonchev–Trinajstić information content (AvgIpc) is 3.02. The minimum Gasteiger partial charge on any atom is -0.497 e. The monoisotopic (exact) mass is 356 g/mol. The molecule has 2 aromatic carbocycles. The van der Waals surface area contributed by atoms with Crippen LogP contribution in [0.2, 0.25) is 0 Å². The highest BCUT2D eigenvalue weighted by Gasteiger charge is 2.15. The number of benzene rings is 2. The maximum absolute atomic E-state index is 12.6. The van der Waals surface area contributed by atoms with Crippen LogP contribution in [-0.2, 0) is 0 Å². The Balaban J connectivity index is 1.87. The lowest BCUT2D eigenvalue weighted by molar-refractivity contribution is 0.102. The van der Waals surface area contributed by atoms with Crippen LogP contribution >= 0.6 is 11.3 Å². The number of hydrogen-bond donors (Lipinski definition) is 1. The van der Waals surface area contributed by atoms with E-state index in [4.69, 9.17) is 9.47 Å². The molecule has 0 aliphatic rings. The molecular weight excluding hydrogens is 336 g/mol. The van der Waals surface area contributed by atoms with Crippen molar-refractivity contribution in [3.63, 3.8) is 0 Å². The summed E-state index contributed by atoms with van der Waals surface area (Å²) in [5.41, 5.74) is 2.57. The van der Waals surface area contributed by atoms with Crippen molar-refractivity contribution in [2.75, 3.05) is 19.5 Å². The van der Waals surface area contributed by atoms with Gasteiger partial charge in [0.15, 0.2) is 5.13 Å². The minimum atomic E-state index is -0.261. The first kappa shape index (κ1) is 17.2. The van der Waals surface area contributed by atoms with Gasteiger partial charge in [0.25, 0.3) is 5.91 Å². The van der Waals surface area contributed by atoms with Crippen molar-refractivity contribution in [3.8, 4) is 11.5 Å². The van der Waals surface area contributed by atoms with Gasteiger partial charge in [-0.05, 0) is 35.7 Å². The Morgan fingerprint density at radius 3 is 2.60 bits per heavy atom. The SMILES string of the molecule is COc1ccc(C(=O)Nc2nc3ccc(C(C)C)cc3s2)c(OC)c1. The fourth-order valence-corrected chi connectivity index (χ4v) is 3.41. The van der Waals surface area contributed by atoms with Gasteiger partial charge in [0.2, 0.25) is 0 Å². The Morgan fingerprint density at radius 1 is 1.12 bits per heavy atom. The molecule has 1 amide bonds. The summed E-state index contributed by atoms with van der Waals surface area (Å²) in [5, 5.41) is 3.42. The highest BCUT2D eigenvalue weighted by atomic mass is 32.1. The van der Waals surface area contributed by atoms with E-state index in [1.54, 1.807) is 25.3 Å². The molecule has 1 N–H and O–H groups in total. The number of ether oxygens (including phenoxy) is 2. The van der Waals surface area contributed by atoms with Crippen molar-refractivity contribution < 1.29 is 14.3 Å². The summed E-state index contributed by atoms with van der Waals surface area (Å²) in [5.74, 6) is 1.28. The number of hydrogen-bond acceptors (Lipinski definition) is 5. The molecular formula is C19H20N2O3S. The number of fused-ring (bicyclic) bond motifs is 1. The first-order valence-corrected chi connectivity index (χ1v) is 8.77. The van der Waals surface area contributed by atoms with Crippen molar-refractivity contribution in [1.82, 2.24) is 4.98 Å². The first-order valence-electron chi connectivity index (χ1n) is 7.95. The maximum Gasteiger partial charge on any atom is 0.261 e. The zero-order valence-electron chi connectivity index (χ0n) is 14.6. The Labute approximate surface area is 150 Å². The zero-order valence-corrected chi connectivity index (χ0v) is 15.4. The normalized spacial score (nSPS) is 10.9. The fraction of sp³-hybridized carbons (Fsp3) is 0.263. The van der Waals surface area contributed by atoms with Gasteiger partial charge in [0.1, 0.15) is 11.5 Å². The molecule has 1 heterocycles. The van der Waals surface area contributed by atoms with Crippen LogP contribution in [0.3, 0.4) is 0 Å². The van der Waals surface area contributed by atoms with E-state index < -0.39 is 0 Å². The largest absolute Gasteiger partial charge is 0.497 e. The van der Waals surface area contributed by atoms with Crippen molar-refractivity contribution in [3.05, 3.63) is 47.5 Å². The molecule has 3 aromatic rings. The van der Waals surface area contributed by atoms with Gasteiger partial charge in [0, 0.05) is 6.07 Å². The average molecular weight is 356 g/mol. The lowest BCUT2D eigenvalue weighted by atomic mass is 10.0. The number of aromatic nitrogens is 1. The predicted molar refractivity (Wildman–Crippen MR) is 101 cm³/mol. The van der Waals surface area contributed by atoms with Crippen molar-refractivity contribution >= 4 is 32.6 Å². The Hall–Kier alpha value is -2.60. The molecule has 0 radical (unpaired) electrons. The number of anilines is 1. The molecule has 3 rings (SSSR count). The van der Waals surface area contributed by atoms with Crippen LogP contribution in [-0.4, -0.2) is 25.1 Å². The Morgan fingerprint density at radius 2 is 1.92 bits per heavy atom. The van der Waals surface area contributed by atoms with Crippen LogP contribution < -0.4 is 14.8 Å². The van der Waals surface area contributed by atoms with Gasteiger partial charge in [-0.3, -0.25) is 10.1 Å². The van der Waals surface area contributed by atoms with Gasteiger partial charge in [-0.15, -0.1) is 0 Å². The molecule has 0 aliphatic heterocycles. The summed E-state index contributed by atoms with van der Waals surface area (Å²) in [4.78, 5) is 17.1. The van der Waals surface area contributed by atoms with E-state index >= 15 is 0 Å². The van der Waals surface area contributed by atoms with Crippen LogP contribution in [0.25, 0.3) is 10.2 Å². The standard InChI is InChI=1S/C19H20N2O3S/c1-11(2)12-5-8-15-17(9-12)25-19(20-15)21-18(22)14-7-6-13(23-3)10-16(14)24-4/h5-11H,1-4H3,(H,20,21,22). The lowest BCUT2D eigenvalue weighted by Crippen LogP contribution is -2.13. The van der Waals surface area contributed by atoms with Gasteiger partial charge >= 0.3 is 0 Å². The van der Waals surface area contributed by atoms with Gasteiger partial charge in [0.05, 0.1) is 30.0 Å². The number of amides is 1. The molecule has 25 heavy (non-hydrogen) atoms.